The van der Waals surface area contributed by atoms with Crippen molar-refractivity contribution in [2.24, 2.45) is 10.9 Å². The van der Waals surface area contributed by atoms with Crippen molar-refractivity contribution in [3.8, 4) is 0 Å². The van der Waals surface area contributed by atoms with E-state index in [2.05, 4.69) is 32.7 Å². The summed E-state index contributed by atoms with van der Waals surface area (Å²) in [6.45, 7) is 8.66. The summed E-state index contributed by atoms with van der Waals surface area (Å²) in [5, 5.41) is 0. The summed E-state index contributed by atoms with van der Waals surface area (Å²) in [5.74, 6) is 0.595. The van der Waals surface area contributed by atoms with Crippen LogP contribution in [0, 0.1) is 5.92 Å². The lowest BCUT2D eigenvalue weighted by Crippen LogP contribution is -1.89. The number of allylic oxidation sites excluding steroid dienone is 2. The van der Waals surface area contributed by atoms with Crippen molar-refractivity contribution in [2.45, 2.75) is 34.1 Å². The lowest BCUT2D eigenvalue weighted by atomic mass is 10.1. The van der Waals surface area contributed by atoms with Crippen LogP contribution in [0.2, 0.25) is 0 Å². The summed E-state index contributed by atoms with van der Waals surface area (Å²) < 4.78 is 0. The highest BCUT2D eigenvalue weighted by Crippen LogP contribution is 2.24. The molecular formula is C9H15N. The Hall–Kier alpha value is -0.590. The topological polar surface area (TPSA) is 12.4 Å². The van der Waals surface area contributed by atoms with Gasteiger partial charge in [0.15, 0.2) is 0 Å². The van der Waals surface area contributed by atoms with Crippen molar-refractivity contribution >= 4 is 5.71 Å². The molecule has 0 amide bonds. The van der Waals surface area contributed by atoms with Gasteiger partial charge in [-0.1, -0.05) is 13.8 Å². The maximum Gasteiger partial charge on any atom is 0.0421 e. The summed E-state index contributed by atoms with van der Waals surface area (Å²) in [6, 6.07) is 0. The van der Waals surface area contributed by atoms with E-state index >= 15 is 0 Å². The molecule has 0 aromatic heterocycles. The van der Waals surface area contributed by atoms with E-state index in [9.17, 15) is 0 Å². The van der Waals surface area contributed by atoms with Gasteiger partial charge in [-0.15, -0.1) is 0 Å². The largest absolute Gasteiger partial charge is 0.262 e. The predicted molar refractivity (Wildman–Crippen MR) is 45.3 cm³/mol. The van der Waals surface area contributed by atoms with Crippen LogP contribution >= 0.6 is 0 Å². The lowest BCUT2D eigenvalue weighted by molar-refractivity contribution is 0.751. The first-order chi connectivity index (χ1) is 4.61. The van der Waals surface area contributed by atoms with E-state index in [4.69, 9.17) is 0 Å². The fourth-order valence-corrected chi connectivity index (χ4v) is 1.44. The molecule has 0 aliphatic carbocycles. The molecule has 0 aromatic rings. The van der Waals surface area contributed by atoms with E-state index < -0.39 is 0 Å². The summed E-state index contributed by atoms with van der Waals surface area (Å²) in [5.41, 5.74) is 4.02. The molecular weight excluding hydrogens is 122 g/mol. The van der Waals surface area contributed by atoms with Gasteiger partial charge in [-0.25, -0.2) is 0 Å². The third kappa shape index (κ3) is 1.28. The van der Waals surface area contributed by atoms with E-state index in [0.29, 0.717) is 5.92 Å². The molecule has 10 heavy (non-hydrogen) atoms. The quantitative estimate of drug-likeness (QED) is 0.527. The Morgan fingerprint density at radius 3 is 2.10 bits per heavy atom. The van der Waals surface area contributed by atoms with E-state index in [1.54, 1.807) is 0 Å². The van der Waals surface area contributed by atoms with Gasteiger partial charge in [0.2, 0.25) is 0 Å². The Bertz CT molecular complexity index is 197. The van der Waals surface area contributed by atoms with Crippen molar-refractivity contribution in [2.75, 3.05) is 0 Å². The average molecular weight is 137 g/mol. The van der Waals surface area contributed by atoms with Gasteiger partial charge in [0.1, 0.15) is 0 Å². The zero-order chi connectivity index (χ0) is 7.72. The van der Waals surface area contributed by atoms with Gasteiger partial charge in [0, 0.05) is 17.8 Å². The van der Waals surface area contributed by atoms with Gasteiger partial charge in [-0.2, -0.15) is 0 Å². The zero-order valence-electron chi connectivity index (χ0n) is 7.23. The number of nitrogens with zero attached hydrogens (tertiary/aromatic N) is 1. The Balaban J connectivity index is 2.82. The molecule has 56 valence electrons. The highest BCUT2D eigenvalue weighted by molar-refractivity contribution is 5.87. The molecule has 0 N–H and O–H groups in total. The second-order valence-corrected chi connectivity index (χ2v) is 3.34. The Labute approximate surface area is 62.9 Å². The minimum absolute atomic E-state index is 0.595. The highest BCUT2D eigenvalue weighted by Gasteiger charge is 2.13. The van der Waals surface area contributed by atoms with Crippen LogP contribution in [0.25, 0.3) is 0 Å². The monoisotopic (exact) mass is 137 g/mol. The second-order valence-electron chi connectivity index (χ2n) is 3.34. The highest BCUT2D eigenvalue weighted by atomic mass is 14.8. The van der Waals surface area contributed by atoms with Crippen LogP contribution in [0.5, 0.6) is 0 Å². The van der Waals surface area contributed by atoms with Crippen LogP contribution < -0.4 is 0 Å². The Morgan fingerprint density at radius 1 is 1.30 bits per heavy atom. The first-order valence-electron chi connectivity index (χ1n) is 3.85. The molecule has 1 heteroatoms. The van der Waals surface area contributed by atoms with Crippen LogP contribution in [0.15, 0.2) is 16.3 Å². The van der Waals surface area contributed by atoms with Gasteiger partial charge in [0.25, 0.3) is 0 Å². The van der Waals surface area contributed by atoms with Gasteiger partial charge >= 0.3 is 0 Å². The van der Waals surface area contributed by atoms with Crippen LogP contribution in [0.4, 0.5) is 0 Å². The van der Waals surface area contributed by atoms with E-state index in [1.807, 2.05) is 0 Å². The van der Waals surface area contributed by atoms with E-state index in [-0.39, 0.29) is 0 Å². The smallest absolute Gasteiger partial charge is 0.0421 e. The molecule has 0 atom stereocenters. The van der Waals surface area contributed by atoms with E-state index in [1.165, 1.54) is 17.0 Å². The molecule has 1 aliphatic heterocycles. The van der Waals surface area contributed by atoms with Crippen LogP contribution in [0.3, 0.4) is 0 Å². The molecule has 0 bridgehead atoms. The molecule has 1 aliphatic rings. The van der Waals surface area contributed by atoms with Crippen molar-refractivity contribution in [3.63, 3.8) is 0 Å². The third-order valence-corrected chi connectivity index (χ3v) is 1.82. The molecule has 0 unspecified atom stereocenters. The number of rotatable bonds is 1. The SMILES string of the molecule is CC1=NC(C(C)C)=C(C)C1. The van der Waals surface area contributed by atoms with Gasteiger partial charge < -0.3 is 0 Å². The normalized spacial score (nSPS) is 18.7. The maximum absolute atomic E-state index is 4.47. The standard InChI is InChI=1S/C9H15N/c1-6(2)9-7(3)5-8(4)10-9/h6H,5H2,1-4H3. The molecule has 0 saturated heterocycles. The molecule has 1 nitrogen and oxygen atoms in total. The Kier molecular flexibility index (Phi) is 1.93. The fourth-order valence-electron chi connectivity index (χ4n) is 1.44. The first-order valence-corrected chi connectivity index (χ1v) is 3.85. The predicted octanol–water partition coefficient (Wildman–Crippen LogP) is 2.78. The van der Waals surface area contributed by atoms with E-state index in [0.717, 1.165) is 6.42 Å². The minimum Gasteiger partial charge on any atom is -0.262 e. The van der Waals surface area contributed by atoms with Gasteiger partial charge in [0.05, 0.1) is 0 Å². The molecule has 0 radical (unpaired) electrons. The number of hydrogen-bond donors (Lipinski definition) is 0. The molecule has 1 rings (SSSR count). The Morgan fingerprint density at radius 2 is 1.90 bits per heavy atom. The fraction of sp³-hybridized carbons (Fsp3) is 0.667. The van der Waals surface area contributed by atoms with Gasteiger partial charge in [-0.3, -0.25) is 4.99 Å². The molecule has 0 fully saturated rings. The lowest BCUT2D eigenvalue weighted by Gasteiger charge is -2.03. The zero-order valence-corrected chi connectivity index (χ0v) is 7.23. The first kappa shape index (κ1) is 7.52. The van der Waals surface area contributed by atoms with Crippen molar-refractivity contribution in [1.29, 1.82) is 0 Å². The van der Waals surface area contributed by atoms with Crippen molar-refractivity contribution < 1.29 is 0 Å². The summed E-state index contributed by atoms with van der Waals surface area (Å²) in [6.07, 6.45) is 1.09. The average Bonchev–Trinajstić information content (AvgIpc) is 2.10. The molecule has 0 aromatic carbocycles. The second kappa shape index (κ2) is 2.57. The number of hydrogen-bond acceptors (Lipinski definition) is 1. The molecule has 0 saturated carbocycles. The summed E-state index contributed by atoms with van der Waals surface area (Å²) in [7, 11) is 0. The molecule has 1 heterocycles. The number of aliphatic imine (C=N–C) groups is 1. The van der Waals surface area contributed by atoms with Crippen molar-refractivity contribution in [1.82, 2.24) is 0 Å². The van der Waals surface area contributed by atoms with Crippen LogP contribution in [0.1, 0.15) is 34.1 Å². The van der Waals surface area contributed by atoms with Crippen molar-refractivity contribution in [3.05, 3.63) is 11.3 Å². The minimum atomic E-state index is 0.595. The molecule has 0 spiro atoms. The van der Waals surface area contributed by atoms with Gasteiger partial charge in [-0.05, 0) is 25.3 Å². The van der Waals surface area contributed by atoms with Crippen LogP contribution in [-0.4, -0.2) is 5.71 Å². The third-order valence-electron chi connectivity index (χ3n) is 1.82. The van der Waals surface area contributed by atoms with Crippen LogP contribution in [-0.2, 0) is 0 Å². The maximum atomic E-state index is 4.47. The summed E-state index contributed by atoms with van der Waals surface area (Å²) >= 11 is 0. The summed E-state index contributed by atoms with van der Waals surface area (Å²) in [4.78, 5) is 4.47.